The highest BCUT2D eigenvalue weighted by molar-refractivity contribution is 7.46. The number of hydrogen-bond acceptors (Lipinski definition) is 13. The first-order valence-electron chi connectivity index (χ1n) is 9.35. The quantitative estimate of drug-likeness (QED) is 0.191. The van der Waals surface area contributed by atoms with E-state index in [1.54, 1.807) is 0 Å². The van der Waals surface area contributed by atoms with Gasteiger partial charge in [-0.1, -0.05) is 0 Å². The molecule has 2 saturated heterocycles. The van der Waals surface area contributed by atoms with E-state index in [0.717, 1.165) is 0 Å². The topological polar surface area (TPSA) is 245 Å². The predicted octanol–water partition coefficient (Wildman–Crippen LogP) is -3.40. The zero-order valence-electron chi connectivity index (χ0n) is 16.2. The SMILES string of the molecule is Nc1ncnc2c1ncn2[C@@H]1O[C@H](CO)[C@@H](O)[C@H]1OC1O[C@H](COP(=O)(O)O)[C@@H](O)[C@H]1O. The Morgan fingerprint density at radius 3 is 2.53 bits per heavy atom. The molecule has 2 aromatic rings. The van der Waals surface area contributed by atoms with E-state index in [2.05, 4.69) is 19.5 Å². The number of nitrogen functional groups attached to an aromatic ring is 1. The van der Waals surface area contributed by atoms with E-state index in [1.165, 1.54) is 17.2 Å². The van der Waals surface area contributed by atoms with Gasteiger partial charge in [-0.05, 0) is 0 Å². The molecule has 2 aliphatic rings. The van der Waals surface area contributed by atoms with Gasteiger partial charge in [-0.15, -0.1) is 0 Å². The molecule has 178 valence electrons. The van der Waals surface area contributed by atoms with Crippen LogP contribution in [0.25, 0.3) is 11.2 Å². The summed E-state index contributed by atoms with van der Waals surface area (Å²) < 4.78 is 33.3. The lowest BCUT2D eigenvalue weighted by molar-refractivity contribution is -0.219. The molecule has 4 heterocycles. The highest BCUT2D eigenvalue weighted by atomic mass is 31.2. The summed E-state index contributed by atoms with van der Waals surface area (Å²) in [6.45, 7) is -1.28. The van der Waals surface area contributed by atoms with Crippen molar-refractivity contribution in [3.8, 4) is 0 Å². The summed E-state index contributed by atoms with van der Waals surface area (Å²) in [6, 6.07) is 0. The molecule has 0 aliphatic carbocycles. The Bertz CT molecular complexity index is 1000. The van der Waals surface area contributed by atoms with Crippen LogP contribution in [0.4, 0.5) is 5.82 Å². The molecule has 1 unspecified atom stereocenters. The molecule has 2 aliphatic heterocycles. The average Bonchev–Trinajstić information content (AvgIpc) is 3.38. The van der Waals surface area contributed by atoms with Crippen molar-refractivity contribution in [1.82, 2.24) is 19.5 Å². The van der Waals surface area contributed by atoms with Gasteiger partial charge in [-0.2, -0.15) is 0 Å². The van der Waals surface area contributed by atoms with Crippen LogP contribution in [0, 0.1) is 0 Å². The highest BCUT2D eigenvalue weighted by Crippen LogP contribution is 2.39. The van der Waals surface area contributed by atoms with E-state index in [1.807, 2.05) is 0 Å². The largest absolute Gasteiger partial charge is 0.469 e. The molecule has 2 aromatic heterocycles. The molecule has 32 heavy (non-hydrogen) atoms. The monoisotopic (exact) mass is 479 g/mol. The number of hydrogen-bond donors (Lipinski definition) is 7. The molecule has 2 fully saturated rings. The standard InChI is InChI=1S/C15H22N5O11P/c16-12-7-13(18-3-17-12)20(4-19-7)14-11(9(23)5(1-21)29-14)31-15-10(24)8(22)6(30-15)2-28-32(25,26)27/h3-6,8-11,14-15,21-24H,1-2H2,(H2,16,17,18)(H2,25,26,27)/t5-,6-,8-,9-,10-,11-,14-,15?/m1/s1. The molecule has 4 rings (SSSR count). The minimum absolute atomic E-state index is 0.106. The Morgan fingerprint density at radius 2 is 1.84 bits per heavy atom. The Balaban J connectivity index is 1.56. The summed E-state index contributed by atoms with van der Waals surface area (Å²) in [4.78, 5) is 29.7. The average molecular weight is 479 g/mol. The fourth-order valence-electron chi connectivity index (χ4n) is 3.59. The number of anilines is 1. The van der Waals surface area contributed by atoms with Crippen LogP contribution in [-0.4, -0.2) is 106 Å². The lowest BCUT2D eigenvalue weighted by atomic mass is 10.1. The first-order valence-corrected chi connectivity index (χ1v) is 10.9. The third-order valence-electron chi connectivity index (χ3n) is 5.17. The summed E-state index contributed by atoms with van der Waals surface area (Å²) >= 11 is 0. The van der Waals surface area contributed by atoms with E-state index in [4.69, 9.17) is 29.7 Å². The van der Waals surface area contributed by atoms with Gasteiger partial charge < -0.3 is 50.2 Å². The number of phosphoric ester groups is 1. The number of aliphatic hydroxyl groups excluding tert-OH is 4. The molecule has 16 nitrogen and oxygen atoms in total. The maximum atomic E-state index is 10.9. The molecule has 0 radical (unpaired) electrons. The van der Waals surface area contributed by atoms with Gasteiger partial charge in [-0.3, -0.25) is 9.09 Å². The number of aliphatic hydroxyl groups is 4. The van der Waals surface area contributed by atoms with Gasteiger partial charge in [0.15, 0.2) is 24.0 Å². The van der Waals surface area contributed by atoms with Gasteiger partial charge in [0.2, 0.25) is 0 Å². The summed E-state index contributed by atoms with van der Waals surface area (Å²) in [5.41, 5.74) is 6.30. The number of fused-ring (bicyclic) bond motifs is 1. The van der Waals surface area contributed by atoms with Crippen molar-refractivity contribution >= 4 is 24.8 Å². The maximum Gasteiger partial charge on any atom is 0.469 e. The number of ether oxygens (including phenoxy) is 3. The third kappa shape index (κ3) is 4.35. The van der Waals surface area contributed by atoms with Crippen LogP contribution in [-0.2, 0) is 23.3 Å². The van der Waals surface area contributed by atoms with Crippen LogP contribution in [0.5, 0.6) is 0 Å². The van der Waals surface area contributed by atoms with Crippen LogP contribution in [0.2, 0.25) is 0 Å². The predicted molar refractivity (Wildman–Crippen MR) is 100 cm³/mol. The van der Waals surface area contributed by atoms with Crippen molar-refractivity contribution in [3.63, 3.8) is 0 Å². The van der Waals surface area contributed by atoms with Crippen LogP contribution >= 0.6 is 7.82 Å². The zero-order valence-corrected chi connectivity index (χ0v) is 17.1. The van der Waals surface area contributed by atoms with Gasteiger partial charge in [-0.25, -0.2) is 19.5 Å². The van der Waals surface area contributed by atoms with Gasteiger partial charge in [0.1, 0.15) is 48.5 Å². The third-order valence-corrected chi connectivity index (χ3v) is 5.66. The van der Waals surface area contributed by atoms with Crippen molar-refractivity contribution in [2.75, 3.05) is 18.9 Å². The molecule has 0 bridgehead atoms. The summed E-state index contributed by atoms with van der Waals surface area (Å²) in [7, 11) is -4.84. The maximum absolute atomic E-state index is 10.9. The van der Waals surface area contributed by atoms with Crippen LogP contribution in [0.1, 0.15) is 6.23 Å². The van der Waals surface area contributed by atoms with Gasteiger partial charge >= 0.3 is 7.82 Å². The highest BCUT2D eigenvalue weighted by Gasteiger charge is 2.51. The second-order valence-electron chi connectivity index (χ2n) is 7.23. The zero-order chi connectivity index (χ0) is 23.2. The molecule has 0 saturated carbocycles. The van der Waals surface area contributed by atoms with E-state index in [-0.39, 0.29) is 17.0 Å². The molecule has 8 N–H and O–H groups in total. The first kappa shape index (κ1) is 23.3. The van der Waals surface area contributed by atoms with Gasteiger partial charge in [0, 0.05) is 0 Å². The number of aromatic nitrogens is 4. The number of imidazole rings is 1. The van der Waals surface area contributed by atoms with Gasteiger partial charge in [0.05, 0.1) is 19.5 Å². The smallest absolute Gasteiger partial charge is 0.394 e. The first-order chi connectivity index (χ1) is 15.1. The molecule has 17 heteroatoms. The molecular formula is C15H22N5O11P. The van der Waals surface area contributed by atoms with E-state index < -0.39 is 70.2 Å². The number of phosphoric acid groups is 1. The van der Waals surface area contributed by atoms with Crippen molar-refractivity contribution in [3.05, 3.63) is 12.7 Å². The van der Waals surface area contributed by atoms with E-state index >= 15 is 0 Å². The van der Waals surface area contributed by atoms with Crippen molar-refractivity contribution in [1.29, 1.82) is 0 Å². The second-order valence-corrected chi connectivity index (χ2v) is 8.47. The minimum Gasteiger partial charge on any atom is -0.394 e. The normalized spacial score (nSPS) is 35.7. The Hall–Kier alpha value is -1.82. The Morgan fingerprint density at radius 1 is 1.09 bits per heavy atom. The van der Waals surface area contributed by atoms with Crippen LogP contribution in [0.15, 0.2) is 12.7 Å². The summed E-state index contributed by atoms with van der Waals surface area (Å²) in [6.07, 6.45) is -8.36. The molecule has 0 spiro atoms. The summed E-state index contributed by atoms with van der Waals surface area (Å²) in [5.74, 6) is 0.106. The Labute approximate surface area is 179 Å². The number of nitrogens with zero attached hydrogens (tertiary/aromatic N) is 4. The number of nitrogens with two attached hydrogens (primary N) is 1. The molecule has 0 amide bonds. The van der Waals surface area contributed by atoms with Crippen molar-refractivity contribution < 1.29 is 53.5 Å². The second kappa shape index (κ2) is 8.85. The minimum atomic E-state index is -4.84. The summed E-state index contributed by atoms with van der Waals surface area (Å²) in [5, 5.41) is 40.5. The number of rotatable bonds is 7. The van der Waals surface area contributed by atoms with Gasteiger partial charge in [0.25, 0.3) is 0 Å². The Kier molecular flexibility index (Phi) is 6.45. The van der Waals surface area contributed by atoms with Crippen LogP contribution < -0.4 is 5.73 Å². The molecule has 8 atom stereocenters. The van der Waals surface area contributed by atoms with Crippen LogP contribution in [0.3, 0.4) is 0 Å². The fraction of sp³-hybridized carbons (Fsp3) is 0.667. The van der Waals surface area contributed by atoms with E-state index in [0.29, 0.717) is 0 Å². The molecule has 0 aromatic carbocycles. The van der Waals surface area contributed by atoms with E-state index in [9.17, 15) is 25.0 Å². The molecular weight excluding hydrogens is 457 g/mol. The lowest BCUT2D eigenvalue weighted by Crippen LogP contribution is -2.42. The van der Waals surface area contributed by atoms with Crippen molar-refractivity contribution in [2.45, 2.75) is 49.1 Å². The fourth-order valence-corrected chi connectivity index (χ4v) is 3.93. The van der Waals surface area contributed by atoms with Crippen molar-refractivity contribution in [2.24, 2.45) is 0 Å². The lowest BCUT2D eigenvalue weighted by Gasteiger charge is -2.26.